The van der Waals surface area contributed by atoms with E-state index in [1.165, 1.54) is 11.6 Å². The number of hydrogen-bond donors (Lipinski definition) is 3. The fourth-order valence-corrected chi connectivity index (χ4v) is 9.33. The number of pyridine rings is 1. The van der Waals surface area contributed by atoms with E-state index in [-0.39, 0.29) is 35.5 Å². The predicted molar refractivity (Wildman–Crippen MR) is 224 cm³/mol. The summed E-state index contributed by atoms with van der Waals surface area (Å²) >= 11 is 0. The molecule has 13 heteroatoms. The first-order valence-electron chi connectivity index (χ1n) is 20.3. The summed E-state index contributed by atoms with van der Waals surface area (Å²) < 4.78 is 17.1. The third kappa shape index (κ3) is 7.69. The summed E-state index contributed by atoms with van der Waals surface area (Å²) in [5, 5.41) is 9.20. The minimum atomic E-state index is -0.551. The van der Waals surface area contributed by atoms with Crippen LogP contribution < -0.4 is 36.2 Å². The number of amides is 3. The van der Waals surface area contributed by atoms with E-state index in [1.54, 1.807) is 17.7 Å². The van der Waals surface area contributed by atoms with Gasteiger partial charge in [0.2, 0.25) is 11.8 Å². The molecule has 0 aliphatic carbocycles. The number of carbonyl (C=O) groups excluding carboxylic acids is 3. The molecule has 3 N–H and O–H groups in total. The molecule has 0 spiro atoms. The first-order chi connectivity index (χ1) is 27.5. The number of likely N-dealkylation sites (tertiary alicyclic amines) is 1. The number of nitrogens with zero attached hydrogens (tertiary/aromatic N) is 5. The lowest BCUT2D eigenvalue weighted by molar-refractivity contribution is -0.133. The summed E-state index contributed by atoms with van der Waals surface area (Å²) in [5.41, 5.74) is 7.72. The molecular formula is C44H53FN8O4. The van der Waals surface area contributed by atoms with Crippen LogP contribution in [-0.4, -0.2) is 93.1 Å². The monoisotopic (exact) mass is 776 g/mol. The molecule has 0 bridgehead atoms. The Morgan fingerprint density at radius 3 is 2.30 bits per heavy atom. The standard InChI is InChI=1S/C44H53FN8O4/c1-27-21-33-38(50(4)44(27)57)23-31(24-39(33)53-20-19-49(3)37-8-5-30(22-40(37)53)42(55)46-2)29-13-15-51(16-14-29)26-28-11-17-52(18-12-28)36-9-6-32(25-34(36)45)47-35-7-10-41(54)48-43(35)56/h5-6,8-9,21-25,28-29,35,47H,7,10-20,26H2,1-4H3,(H,46,55)(H,48,54,56). The third-order valence-corrected chi connectivity index (χ3v) is 12.7. The number of piperidine rings is 3. The number of nitrogens with one attached hydrogen (secondary N) is 3. The Morgan fingerprint density at radius 2 is 1.58 bits per heavy atom. The van der Waals surface area contributed by atoms with Gasteiger partial charge in [0, 0.05) is 82.5 Å². The van der Waals surface area contributed by atoms with Gasteiger partial charge in [0.05, 0.1) is 28.3 Å². The van der Waals surface area contributed by atoms with Crippen molar-refractivity contribution in [2.24, 2.45) is 13.0 Å². The number of hydrogen-bond acceptors (Lipinski definition) is 9. The fraction of sp³-hybridized carbons (Fsp3) is 0.455. The van der Waals surface area contributed by atoms with Gasteiger partial charge in [-0.25, -0.2) is 4.39 Å². The van der Waals surface area contributed by atoms with Crippen molar-refractivity contribution in [1.82, 2.24) is 20.1 Å². The maximum absolute atomic E-state index is 15.3. The zero-order valence-corrected chi connectivity index (χ0v) is 33.4. The second-order valence-electron chi connectivity index (χ2n) is 16.3. The van der Waals surface area contributed by atoms with Crippen LogP contribution in [0.1, 0.15) is 65.9 Å². The molecular weight excluding hydrogens is 724 g/mol. The van der Waals surface area contributed by atoms with Crippen molar-refractivity contribution < 1.29 is 18.8 Å². The Hall–Kier alpha value is -5.43. The van der Waals surface area contributed by atoms with Gasteiger partial charge in [-0.05, 0) is 124 Å². The summed E-state index contributed by atoms with van der Waals surface area (Å²) in [5.74, 6) is -0.201. The second-order valence-corrected chi connectivity index (χ2v) is 16.3. The third-order valence-electron chi connectivity index (χ3n) is 12.7. The normalized spacial score (nSPS) is 19.8. The molecule has 3 saturated heterocycles. The smallest absolute Gasteiger partial charge is 0.253 e. The SMILES string of the molecule is CNC(=O)c1ccc2c(c1)N(c1cc(C3CCN(CC4CCN(c5ccc(NC6CCC(=O)NC6=O)cc5F)CC4)CC3)cc3c1cc(C)c(=O)n3C)CCN2C. The van der Waals surface area contributed by atoms with Crippen molar-refractivity contribution in [3.63, 3.8) is 0 Å². The minimum Gasteiger partial charge on any atom is -0.374 e. The Labute approximate surface area is 333 Å². The molecule has 5 heterocycles. The molecule has 3 aromatic carbocycles. The topological polar surface area (TPSA) is 122 Å². The lowest BCUT2D eigenvalue weighted by atomic mass is 9.87. The van der Waals surface area contributed by atoms with Crippen LogP contribution in [0, 0.1) is 18.7 Å². The van der Waals surface area contributed by atoms with E-state index in [4.69, 9.17) is 0 Å². The minimum absolute atomic E-state index is 0.00804. The highest BCUT2D eigenvalue weighted by atomic mass is 19.1. The number of benzene rings is 3. The zero-order valence-electron chi connectivity index (χ0n) is 33.4. The van der Waals surface area contributed by atoms with Crippen LogP contribution in [0.25, 0.3) is 10.9 Å². The molecule has 12 nitrogen and oxygen atoms in total. The van der Waals surface area contributed by atoms with Crippen molar-refractivity contribution in [2.45, 2.75) is 57.4 Å². The van der Waals surface area contributed by atoms with Crippen LogP contribution in [0.4, 0.5) is 32.8 Å². The Morgan fingerprint density at radius 1 is 0.825 bits per heavy atom. The maximum atomic E-state index is 15.3. The van der Waals surface area contributed by atoms with Crippen LogP contribution in [-0.2, 0) is 16.6 Å². The van der Waals surface area contributed by atoms with Crippen LogP contribution in [0.3, 0.4) is 0 Å². The Balaban J connectivity index is 0.935. The van der Waals surface area contributed by atoms with Gasteiger partial charge >= 0.3 is 0 Å². The number of halogens is 1. The van der Waals surface area contributed by atoms with E-state index < -0.39 is 6.04 Å². The van der Waals surface area contributed by atoms with Gasteiger partial charge in [-0.1, -0.05) is 0 Å². The maximum Gasteiger partial charge on any atom is 0.253 e. The summed E-state index contributed by atoms with van der Waals surface area (Å²) in [6, 6.07) is 17.0. The second kappa shape index (κ2) is 15.8. The van der Waals surface area contributed by atoms with Crippen LogP contribution in [0.2, 0.25) is 0 Å². The number of carbonyl (C=O) groups is 3. The van der Waals surface area contributed by atoms with Gasteiger partial charge in [0.1, 0.15) is 11.9 Å². The summed E-state index contributed by atoms with van der Waals surface area (Å²) in [6.07, 6.45) is 4.68. The molecule has 3 amide bonds. The zero-order chi connectivity index (χ0) is 40.0. The average Bonchev–Trinajstić information content (AvgIpc) is 3.21. The summed E-state index contributed by atoms with van der Waals surface area (Å²) in [4.78, 5) is 58.9. The molecule has 1 atom stereocenters. The van der Waals surface area contributed by atoms with Gasteiger partial charge in [-0.15, -0.1) is 0 Å². The fourth-order valence-electron chi connectivity index (χ4n) is 9.33. The lowest BCUT2D eigenvalue weighted by Crippen LogP contribution is -2.47. The van der Waals surface area contributed by atoms with Gasteiger partial charge in [0.15, 0.2) is 0 Å². The van der Waals surface area contributed by atoms with Gasteiger partial charge in [0.25, 0.3) is 11.5 Å². The largest absolute Gasteiger partial charge is 0.374 e. The molecule has 8 rings (SSSR count). The van der Waals surface area contributed by atoms with Crippen LogP contribution >= 0.6 is 0 Å². The van der Waals surface area contributed by atoms with Crippen molar-refractivity contribution in [3.8, 4) is 0 Å². The Bertz CT molecular complexity index is 2280. The van der Waals surface area contributed by atoms with Crippen molar-refractivity contribution in [1.29, 1.82) is 0 Å². The van der Waals surface area contributed by atoms with Crippen molar-refractivity contribution in [3.05, 3.63) is 87.5 Å². The number of fused-ring (bicyclic) bond motifs is 2. The van der Waals surface area contributed by atoms with E-state index >= 15 is 4.39 Å². The van der Waals surface area contributed by atoms with Gasteiger partial charge in [-0.3, -0.25) is 24.5 Å². The summed E-state index contributed by atoms with van der Waals surface area (Å²) in [6.45, 7) is 8.04. The average molecular weight is 777 g/mol. The quantitative estimate of drug-likeness (QED) is 0.206. The molecule has 3 fully saturated rings. The molecule has 4 aliphatic heterocycles. The van der Waals surface area contributed by atoms with E-state index in [0.717, 1.165) is 99.5 Å². The van der Waals surface area contributed by atoms with E-state index in [0.29, 0.717) is 40.8 Å². The highest BCUT2D eigenvalue weighted by Gasteiger charge is 2.30. The first kappa shape index (κ1) is 38.4. The van der Waals surface area contributed by atoms with Gasteiger partial charge < -0.3 is 34.8 Å². The molecule has 1 unspecified atom stereocenters. The van der Waals surface area contributed by atoms with E-state index in [2.05, 4.69) is 54.7 Å². The van der Waals surface area contributed by atoms with Crippen LogP contribution in [0.15, 0.2) is 59.4 Å². The Kier molecular flexibility index (Phi) is 10.7. The molecule has 1 aromatic heterocycles. The number of anilines is 5. The first-order valence-corrected chi connectivity index (χ1v) is 20.3. The highest BCUT2D eigenvalue weighted by molar-refractivity contribution is 6.02. The van der Waals surface area contributed by atoms with Gasteiger partial charge in [-0.2, -0.15) is 0 Å². The van der Waals surface area contributed by atoms with E-state index in [1.807, 2.05) is 44.3 Å². The molecule has 4 aromatic rings. The molecule has 0 saturated carbocycles. The molecule has 57 heavy (non-hydrogen) atoms. The number of likely N-dealkylation sites (N-methyl/N-ethyl adjacent to an activating group) is 1. The molecule has 300 valence electrons. The highest BCUT2D eigenvalue weighted by Crippen LogP contribution is 2.43. The van der Waals surface area contributed by atoms with Crippen LogP contribution in [0.5, 0.6) is 0 Å². The van der Waals surface area contributed by atoms with Crippen molar-refractivity contribution in [2.75, 3.05) is 79.9 Å². The van der Waals surface area contributed by atoms with Crippen molar-refractivity contribution >= 4 is 57.1 Å². The number of aryl methyl sites for hydroxylation is 2. The number of imide groups is 1. The number of aromatic nitrogens is 1. The van der Waals surface area contributed by atoms with E-state index in [9.17, 15) is 19.2 Å². The number of rotatable bonds is 8. The lowest BCUT2D eigenvalue weighted by Gasteiger charge is -2.39. The molecule has 4 aliphatic rings. The predicted octanol–water partition coefficient (Wildman–Crippen LogP) is 5.25. The summed E-state index contributed by atoms with van der Waals surface area (Å²) in [7, 11) is 5.60. The molecule has 0 radical (unpaired) electrons.